The quantitative estimate of drug-likeness (QED) is 0.924. The lowest BCUT2D eigenvalue weighted by atomic mass is 10.1. The van der Waals surface area contributed by atoms with Crippen LogP contribution in [0, 0.1) is 6.92 Å². The van der Waals surface area contributed by atoms with Crippen LogP contribution in [0.3, 0.4) is 0 Å². The number of amides is 2. The van der Waals surface area contributed by atoms with Crippen molar-refractivity contribution in [2.75, 3.05) is 7.05 Å². The first-order valence-corrected chi connectivity index (χ1v) is 6.18. The Kier molecular flexibility index (Phi) is 3.89. The van der Waals surface area contributed by atoms with Gasteiger partial charge in [0, 0.05) is 18.2 Å². The number of furan rings is 1. The molecule has 0 radical (unpaired) electrons. The van der Waals surface area contributed by atoms with E-state index in [1.807, 2.05) is 19.1 Å². The highest BCUT2D eigenvalue weighted by Crippen LogP contribution is 2.12. The van der Waals surface area contributed by atoms with Gasteiger partial charge in [0.05, 0.1) is 6.54 Å². The minimum Gasteiger partial charge on any atom is -0.464 e. The molecule has 0 aliphatic carbocycles. The predicted molar refractivity (Wildman–Crippen MR) is 74.2 cm³/mol. The molecule has 1 aromatic heterocycles. The highest BCUT2D eigenvalue weighted by atomic mass is 16.3. The zero-order valence-corrected chi connectivity index (χ0v) is 11.4. The van der Waals surface area contributed by atoms with Gasteiger partial charge in [0.1, 0.15) is 11.5 Å². The first-order valence-electron chi connectivity index (χ1n) is 6.18. The molecule has 0 atom stereocenters. The van der Waals surface area contributed by atoms with Crippen molar-refractivity contribution < 1.29 is 14.0 Å². The lowest BCUT2D eigenvalue weighted by Gasteiger charge is -2.15. The smallest absolute Gasteiger partial charge is 0.254 e. The van der Waals surface area contributed by atoms with Crippen LogP contribution in [0.4, 0.5) is 0 Å². The maximum Gasteiger partial charge on any atom is 0.254 e. The summed E-state index contributed by atoms with van der Waals surface area (Å²) in [5.74, 6) is 0.886. The van der Waals surface area contributed by atoms with Gasteiger partial charge in [0.2, 0.25) is 5.91 Å². The Bertz CT molecular complexity index is 629. The molecule has 2 aromatic rings. The molecule has 0 bridgehead atoms. The van der Waals surface area contributed by atoms with E-state index in [0.717, 1.165) is 11.5 Å². The number of nitrogens with two attached hydrogens (primary N) is 1. The van der Waals surface area contributed by atoms with Gasteiger partial charge in [0.15, 0.2) is 0 Å². The molecule has 0 aliphatic rings. The summed E-state index contributed by atoms with van der Waals surface area (Å²) in [7, 11) is 1.70. The van der Waals surface area contributed by atoms with E-state index >= 15 is 0 Å². The molecular formula is C15H16N2O3. The molecule has 1 heterocycles. The summed E-state index contributed by atoms with van der Waals surface area (Å²) in [6, 6.07) is 9.96. The van der Waals surface area contributed by atoms with E-state index in [-0.39, 0.29) is 5.91 Å². The van der Waals surface area contributed by atoms with Crippen molar-refractivity contribution >= 4 is 11.8 Å². The number of benzene rings is 1. The third-order valence-electron chi connectivity index (χ3n) is 2.95. The molecule has 1 aromatic carbocycles. The molecule has 104 valence electrons. The molecule has 20 heavy (non-hydrogen) atoms. The molecule has 0 spiro atoms. The van der Waals surface area contributed by atoms with Crippen molar-refractivity contribution in [2.24, 2.45) is 5.73 Å². The minimum absolute atomic E-state index is 0.143. The van der Waals surface area contributed by atoms with Gasteiger partial charge in [-0.1, -0.05) is 0 Å². The summed E-state index contributed by atoms with van der Waals surface area (Å²) in [6.45, 7) is 2.25. The van der Waals surface area contributed by atoms with E-state index in [4.69, 9.17) is 10.2 Å². The van der Waals surface area contributed by atoms with Crippen LogP contribution >= 0.6 is 0 Å². The maximum absolute atomic E-state index is 12.2. The number of carbonyl (C=O) groups is 2. The fourth-order valence-corrected chi connectivity index (χ4v) is 1.87. The largest absolute Gasteiger partial charge is 0.464 e. The standard InChI is InChI=1S/C15H16N2O3/c1-10-3-8-13(20-10)9-17(2)15(19)12-6-4-11(5-7-12)14(16)18/h3-8H,9H2,1-2H3,(H2,16,18). The van der Waals surface area contributed by atoms with E-state index in [0.29, 0.717) is 17.7 Å². The number of rotatable bonds is 4. The molecule has 0 fully saturated rings. The van der Waals surface area contributed by atoms with Crippen molar-refractivity contribution in [3.8, 4) is 0 Å². The molecular weight excluding hydrogens is 256 g/mol. The van der Waals surface area contributed by atoms with E-state index in [1.165, 1.54) is 0 Å². The Balaban J connectivity index is 2.08. The van der Waals surface area contributed by atoms with Crippen molar-refractivity contribution in [1.82, 2.24) is 4.90 Å². The average molecular weight is 272 g/mol. The van der Waals surface area contributed by atoms with Crippen molar-refractivity contribution in [3.63, 3.8) is 0 Å². The molecule has 5 nitrogen and oxygen atoms in total. The predicted octanol–water partition coefficient (Wildman–Crippen LogP) is 1.96. The summed E-state index contributed by atoms with van der Waals surface area (Å²) in [5.41, 5.74) is 6.04. The van der Waals surface area contributed by atoms with Crippen LogP contribution in [-0.2, 0) is 6.54 Å². The van der Waals surface area contributed by atoms with Crippen LogP contribution in [0.15, 0.2) is 40.8 Å². The summed E-state index contributed by atoms with van der Waals surface area (Å²) in [4.78, 5) is 24.7. The number of hydrogen-bond acceptors (Lipinski definition) is 3. The van der Waals surface area contributed by atoms with Crippen LogP contribution in [0.25, 0.3) is 0 Å². The van der Waals surface area contributed by atoms with Gasteiger partial charge in [-0.3, -0.25) is 9.59 Å². The second kappa shape index (κ2) is 5.61. The van der Waals surface area contributed by atoms with Gasteiger partial charge in [-0.15, -0.1) is 0 Å². The Hall–Kier alpha value is -2.56. The normalized spacial score (nSPS) is 10.3. The van der Waals surface area contributed by atoms with E-state index < -0.39 is 5.91 Å². The summed E-state index contributed by atoms with van der Waals surface area (Å²) in [5, 5.41) is 0. The summed E-state index contributed by atoms with van der Waals surface area (Å²) in [6.07, 6.45) is 0. The van der Waals surface area contributed by atoms with E-state index in [1.54, 1.807) is 36.2 Å². The molecule has 0 saturated heterocycles. The SMILES string of the molecule is Cc1ccc(CN(C)C(=O)c2ccc(C(N)=O)cc2)o1. The molecule has 0 saturated carbocycles. The van der Waals surface area contributed by atoms with Crippen LogP contribution in [0.1, 0.15) is 32.2 Å². The maximum atomic E-state index is 12.2. The minimum atomic E-state index is -0.511. The van der Waals surface area contributed by atoms with Crippen LogP contribution < -0.4 is 5.73 Å². The first kappa shape index (κ1) is 13.9. The Morgan fingerprint density at radius 1 is 1.10 bits per heavy atom. The second-order valence-electron chi connectivity index (χ2n) is 4.62. The molecule has 0 aliphatic heterocycles. The molecule has 0 unspecified atom stereocenters. The highest BCUT2D eigenvalue weighted by molar-refractivity contribution is 5.97. The fraction of sp³-hybridized carbons (Fsp3) is 0.200. The zero-order valence-electron chi connectivity index (χ0n) is 11.4. The summed E-state index contributed by atoms with van der Waals surface area (Å²) >= 11 is 0. The van der Waals surface area contributed by atoms with Gasteiger partial charge in [-0.05, 0) is 43.3 Å². The third-order valence-corrected chi connectivity index (χ3v) is 2.95. The monoisotopic (exact) mass is 272 g/mol. The lowest BCUT2D eigenvalue weighted by molar-refractivity contribution is 0.0774. The highest BCUT2D eigenvalue weighted by Gasteiger charge is 2.14. The van der Waals surface area contributed by atoms with Gasteiger partial charge in [-0.2, -0.15) is 0 Å². The van der Waals surface area contributed by atoms with E-state index in [2.05, 4.69) is 0 Å². The topological polar surface area (TPSA) is 76.5 Å². The van der Waals surface area contributed by atoms with Crippen LogP contribution in [0.2, 0.25) is 0 Å². The Labute approximate surface area is 117 Å². The lowest BCUT2D eigenvalue weighted by Crippen LogP contribution is -2.26. The van der Waals surface area contributed by atoms with Crippen molar-refractivity contribution in [2.45, 2.75) is 13.5 Å². The fourth-order valence-electron chi connectivity index (χ4n) is 1.87. The Morgan fingerprint density at radius 3 is 2.20 bits per heavy atom. The number of nitrogens with zero attached hydrogens (tertiary/aromatic N) is 1. The van der Waals surface area contributed by atoms with Crippen LogP contribution in [0.5, 0.6) is 0 Å². The molecule has 2 amide bonds. The molecule has 2 N–H and O–H groups in total. The second-order valence-corrected chi connectivity index (χ2v) is 4.62. The number of aryl methyl sites for hydroxylation is 1. The third kappa shape index (κ3) is 3.06. The van der Waals surface area contributed by atoms with E-state index in [9.17, 15) is 9.59 Å². The van der Waals surface area contributed by atoms with Crippen molar-refractivity contribution in [1.29, 1.82) is 0 Å². The van der Waals surface area contributed by atoms with Gasteiger partial charge in [0.25, 0.3) is 5.91 Å². The van der Waals surface area contributed by atoms with Gasteiger partial charge >= 0.3 is 0 Å². The van der Waals surface area contributed by atoms with Gasteiger partial charge in [-0.25, -0.2) is 0 Å². The molecule has 2 rings (SSSR count). The van der Waals surface area contributed by atoms with Crippen molar-refractivity contribution in [3.05, 3.63) is 59.0 Å². The van der Waals surface area contributed by atoms with Crippen LogP contribution in [-0.4, -0.2) is 23.8 Å². The summed E-state index contributed by atoms with van der Waals surface area (Å²) < 4.78 is 5.44. The number of primary amides is 1. The Morgan fingerprint density at radius 2 is 1.70 bits per heavy atom. The average Bonchev–Trinajstić information content (AvgIpc) is 2.83. The first-order chi connectivity index (χ1) is 9.47. The number of carbonyl (C=O) groups excluding carboxylic acids is 2. The molecule has 5 heteroatoms. The number of hydrogen-bond donors (Lipinski definition) is 1. The zero-order chi connectivity index (χ0) is 14.7. The van der Waals surface area contributed by atoms with Gasteiger partial charge < -0.3 is 15.1 Å².